The van der Waals surface area contributed by atoms with E-state index in [4.69, 9.17) is 4.98 Å². The van der Waals surface area contributed by atoms with Crippen LogP contribution >= 0.6 is 0 Å². The van der Waals surface area contributed by atoms with Crippen molar-refractivity contribution in [3.05, 3.63) is 22.8 Å². The second-order valence-electron chi connectivity index (χ2n) is 6.19. The van der Waals surface area contributed by atoms with Crippen molar-refractivity contribution in [1.29, 1.82) is 0 Å². The summed E-state index contributed by atoms with van der Waals surface area (Å²) in [5, 5.41) is 3.67. The third-order valence-corrected chi connectivity index (χ3v) is 4.37. The predicted molar refractivity (Wildman–Crippen MR) is 77.3 cm³/mol. The summed E-state index contributed by atoms with van der Waals surface area (Å²) < 4.78 is 0. The van der Waals surface area contributed by atoms with Crippen molar-refractivity contribution in [3.8, 4) is 0 Å². The summed E-state index contributed by atoms with van der Waals surface area (Å²) in [5.41, 5.74) is 4.00. The Morgan fingerprint density at radius 1 is 1.21 bits per heavy atom. The predicted octanol–water partition coefficient (Wildman–Crippen LogP) is 2.59. The van der Waals surface area contributed by atoms with Crippen LogP contribution < -0.4 is 5.32 Å². The van der Waals surface area contributed by atoms with Gasteiger partial charge in [0.25, 0.3) is 0 Å². The quantitative estimate of drug-likeness (QED) is 0.883. The average molecular weight is 259 g/mol. The zero-order valence-corrected chi connectivity index (χ0v) is 12.2. The second kappa shape index (κ2) is 5.58. The largest absolute Gasteiger partial charge is 0.314 e. The first-order valence-corrected chi connectivity index (χ1v) is 7.85. The molecule has 3 nitrogen and oxygen atoms in total. The Morgan fingerprint density at radius 3 is 2.79 bits per heavy atom. The van der Waals surface area contributed by atoms with Crippen LogP contribution in [-0.2, 0) is 19.3 Å². The fourth-order valence-electron chi connectivity index (χ4n) is 3.05. The van der Waals surface area contributed by atoms with Gasteiger partial charge in [-0.1, -0.05) is 6.92 Å². The lowest BCUT2D eigenvalue weighted by Crippen LogP contribution is -2.29. The van der Waals surface area contributed by atoms with Crippen LogP contribution in [0.2, 0.25) is 0 Å². The minimum atomic E-state index is 0.785. The standard InChI is InChI=1S/C16H25N3/c1-3-4-16-18-11(2)14-9-12(5-8-15(14)19-16)10-17-13-6-7-13/h12-13,17H,3-10H2,1-2H3. The molecule has 3 heteroatoms. The fraction of sp³-hybridized carbons (Fsp3) is 0.750. The fourth-order valence-corrected chi connectivity index (χ4v) is 3.05. The highest BCUT2D eigenvalue weighted by Crippen LogP contribution is 2.27. The highest BCUT2D eigenvalue weighted by molar-refractivity contribution is 5.28. The van der Waals surface area contributed by atoms with Crippen LogP contribution in [-0.4, -0.2) is 22.6 Å². The van der Waals surface area contributed by atoms with Crippen molar-refractivity contribution in [2.75, 3.05) is 6.54 Å². The van der Waals surface area contributed by atoms with Crippen LogP contribution in [0.15, 0.2) is 0 Å². The van der Waals surface area contributed by atoms with Crippen molar-refractivity contribution in [3.63, 3.8) is 0 Å². The number of hydrogen-bond acceptors (Lipinski definition) is 3. The second-order valence-corrected chi connectivity index (χ2v) is 6.19. The van der Waals surface area contributed by atoms with Gasteiger partial charge in [-0.25, -0.2) is 9.97 Å². The molecule has 0 bridgehead atoms. The molecule has 3 rings (SSSR count). The van der Waals surface area contributed by atoms with Gasteiger partial charge in [0.05, 0.1) is 0 Å². The van der Waals surface area contributed by atoms with Gasteiger partial charge in [0.1, 0.15) is 5.82 Å². The number of nitrogens with zero attached hydrogens (tertiary/aromatic N) is 2. The van der Waals surface area contributed by atoms with E-state index in [-0.39, 0.29) is 0 Å². The van der Waals surface area contributed by atoms with Gasteiger partial charge in [0, 0.05) is 23.9 Å². The lowest BCUT2D eigenvalue weighted by atomic mass is 9.85. The molecule has 1 heterocycles. The van der Waals surface area contributed by atoms with Crippen LogP contribution in [0.25, 0.3) is 0 Å². The SMILES string of the molecule is CCCc1nc(C)c2c(n1)CCC(CNC1CC1)C2. The van der Waals surface area contributed by atoms with Crippen molar-refractivity contribution < 1.29 is 0 Å². The maximum Gasteiger partial charge on any atom is 0.128 e. The smallest absolute Gasteiger partial charge is 0.128 e. The van der Waals surface area contributed by atoms with E-state index in [9.17, 15) is 0 Å². The number of rotatable bonds is 5. The summed E-state index contributed by atoms with van der Waals surface area (Å²) in [7, 11) is 0. The Balaban J connectivity index is 1.69. The summed E-state index contributed by atoms with van der Waals surface area (Å²) in [5.74, 6) is 1.83. The van der Waals surface area contributed by atoms with Crippen LogP contribution in [0.5, 0.6) is 0 Å². The van der Waals surface area contributed by atoms with Gasteiger partial charge in [0.2, 0.25) is 0 Å². The van der Waals surface area contributed by atoms with E-state index < -0.39 is 0 Å². The Labute approximate surface area is 116 Å². The summed E-state index contributed by atoms with van der Waals surface area (Å²) in [6.45, 7) is 5.54. The van der Waals surface area contributed by atoms with E-state index in [2.05, 4.69) is 24.1 Å². The Bertz CT molecular complexity index is 452. The minimum Gasteiger partial charge on any atom is -0.314 e. The van der Waals surface area contributed by atoms with E-state index in [1.807, 2.05) is 0 Å². The molecule has 0 saturated heterocycles. The third kappa shape index (κ3) is 3.14. The van der Waals surface area contributed by atoms with Crippen LogP contribution in [0.4, 0.5) is 0 Å². The molecule has 1 saturated carbocycles. The Morgan fingerprint density at radius 2 is 2.05 bits per heavy atom. The molecule has 1 atom stereocenters. The van der Waals surface area contributed by atoms with E-state index in [1.54, 1.807) is 0 Å². The topological polar surface area (TPSA) is 37.8 Å². The third-order valence-electron chi connectivity index (χ3n) is 4.37. The van der Waals surface area contributed by atoms with Crippen molar-refractivity contribution >= 4 is 0 Å². The molecule has 0 aliphatic heterocycles. The Kier molecular flexibility index (Phi) is 3.83. The van der Waals surface area contributed by atoms with E-state index >= 15 is 0 Å². The molecule has 1 fully saturated rings. The molecule has 2 aliphatic rings. The Hall–Kier alpha value is -0.960. The molecule has 0 spiro atoms. The van der Waals surface area contributed by atoms with E-state index in [0.29, 0.717) is 0 Å². The highest BCUT2D eigenvalue weighted by Gasteiger charge is 2.25. The maximum atomic E-state index is 4.77. The van der Waals surface area contributed by atoms with Gasteiger partial charge < -0.3 is 5.32 Å². The normalized spacial score (nSPS) is 22.3. The van der Waals surface area contributed by atoms with Crippen LogP contribution in [0, 0.1) is 12.8 Å². The summed E-state index contributed by atoms with van der Waals surface area (Å²) in [4.78, 5) is 9.46. The van der Waals surface area contributed by atoms with Crippen molar-refractivity contribution in [2.24, 2.45) is 5.92 Å². The summed E-state index contributed by atoms with van der Waals surface area (Å²) in [6, 6.07) is 0.825. The number of aromatic nitrogens is 2. The van der Waals surface area contributed by atoms with Crippen molar-refractivity contribution in [2.45, 2.75) is 64.8 Å². The molecule has 1 N–H and O–H groups in total. The number of aryl methyl sites for hydroxylation is 3. The van der Waals surface area contributed by atoms with Gasteiger partial charge in [0.15, 0.2) is 0 Å². The molecule has 0 amide bonds. The van der Waals surface area contributed by atoms with Gasteiger partial charge in [-0.05, 0) is 63.5 Å². The van der Waals surface area contributed by atoms with Crippen LogP contribution in [0.1, 0.15) is 55.4 Å². The van der Waals surface area contributed by atoms with E-state index in [0.717, 1.165) is 37.0 Å². The van der Waals surface area contributed by atoms with Gasteiger partial charge in [-0.3, -0.25) is 0 Å². The molecule has 104 valence electrons. The average Bonchev–Trinajstić information content (AvgIpc) is 3.21. The lowest BCUT2D eigenvalue weighted by Gasteiger charge is -2.25. The molecule has 1 aromatic rings. The monoisotopic (exact) mass is 259 g/mol. The van der Waals surface area contributed by atoms with Gasteiger partial charge in [-0.15, -0.1) is 0 Å². The molecule has 19 heavy (non-hydrogen) atoms. The lowest BCUT2D eigenvalue weighted by molar-refractivity contribution is 0.416. The van der Waals surface area contributed by atoms with E-state index in [1.165, 1.54) is 49.2 Å². The first kappa shape index (κ1) is 13.0. The number of fused-ring (bicyclic) bond motifs is 1. The van der Waals surface area contributed by atoms with Gasteiger partial charge in [-0.2, -0.15) is 0 Å². The maximum absolute atomic E-state index is 4.77. The molecule has 0 aromatic carbocycles. The minimum absolute atomic E-state index is 0.785. The number of nitrogens with one attached hydrogen (secondary N) is 1. The summed E-state index contributed by atoms with van der Waals surface area (Å²) in [6.07, 6.45) is 8.51. The molecular formula is C16H25N3. The van der Waals surface area contributed by atoms with Crippen molar-refractivity contribution in [1.82, 2.24) is 15.3 Å². The zero-order chi connectivity index (χ0) is 13.2. The first-order chi connectivity index (χ1) is 9.26. The molecule has 1 unspecified atom stereocenters. The number of hydrogen-bond donors (Lipinski definition) is 1. The molecular weight excluding hydrogens is 234 g/mol. The highest BCUT2D eigenvalue weighted by atomic mass is 14.9. The zero-order valence-electron chi connectivity index (χ0n) is 12.2. The first-order valence-electron chi connectivity index (χ1n) is 7.85. The molecule has 2 aliphatic carbocycles. The van der Waals surface area contributed by atoms with Crippen LogP contribution in [0.3, 0.4) is 0 Å². The summed E-state index contributed by atoms with van der Waals surface area (Å²) >= 11 is 0. The molecule has 0 radical (unpaired) electrons. The molecule has 1 aromatic heterocycles. The van der Waals surface area contributed by atoms with Gasteiger partial charge >= 0.3 is 0 Å².